The van der Waals surface area contributed by atoms with E-state index in [0.717, 1.165) is 17.8 Å². The Morgan fingerprint density at radius 3 is 2.88 bits per heavy atom. The van der Waals surface area contributed by atoms with Crippen LogP contribution in [0.5, 0.6) is 0 Å². The van der Waals surface area contributed by atoms with Gasteiger partial charge in [-0.1, -0.05) is 31.5 Å². The van der Waals surface area contributed by atoms with Gasteiger partial charge in [0, 0.05) is 16.2 Å². The summed E-state index contributed by atoms with van der Waals surface area (Å²) in [6.07, 6.45) is 5.33. The van der Waals surface area contributed by atoms with Gasteiger partial charge >= 0.3 is 0 Å². The summed E-state index contributed by atoms with van der Waals surface area (Å²) in [6, 6.07) is 9.47. The van der Waals surface area contributed by atoms with Crippen molar-refractivity contribution in [1.82, 2.24) is 5.32 Å². The van der Waals surface area contributed by atoms with E-state index >= 15 is 0 Å². The first-order chi connectivity index (χ1) is 8.31. The molecule has 1 aromatic rings. The van der Waals surface area contributed by atoms with Crippen molar-refractivity contribution in [3.8, 4) is 0 Å². The van der Waals surface area contributed by atoms with Gasteiger partial charge in [0.25, 0.3) is 0 Å². The van der Waals surface area contributed by atoms with E-state index in [9.17, 15) is 0 Å². The van der Waals surface area contributed by atoms with Crippen LogP contribution >= 0.6 is 11.8 Å². The Bertz CT molecular complexity index is 351. The lowest BCUT2D eigenvalue weighted by molar-refractivity contribution is 0.531. The summed E-state index contributed by atoms with van der Waals surface area (Å²) < 4.78 is 0. The third-order valence-electron chi connectivity index (χ3n) is 3.48. The second-order valence-corrected chi connectivity index (χ2v) is 6.19. The summed E-state index contributed by atoms with van der Waals surface area (Å²) in [5, 5.41) is 4.47. The SMILES string of the molecule is CCCNC1CCCC1Sc1ccccc1C. The number of aryl methyl sites for hydroxylation is 1. The molecular formula is C15H23NS. The van der Waals surface area contributed by atoms with E-state index < -0.39 is 0 Å². The van der Waals surface area contributed by atoms with Crippen LogP contribution in [0.25, 0.3) is 0 Å². The van der Waals surface area contributed by atoms with Gasteiger partial charge in [-0.25, -0.2) is 0 Å². The minimum Gasteiger partial charge on any atom is -0.313 e. The number of benzene rings is 1. The average Bonchev–Trinajstić information content (AvgIpc) is 2.77. The number of hydrogen-bond acceptors (Lipinski definition) is 2. The lowest BCUT2D eigenvalue weighted by Gasteiger charge is -2.21. The van der Waals surface area contributed by atoms with E-state index in [-0.39, 0.29) is 0 Å². The number of rotatable bonds is 5. The fourth-order valence-corrected chi connectivity index (χ4v) is 3.90. The van der Waals surface area contributed by atoms with Crippen molar-refractivity contribution in [3.63, 3.8) is 0 Å². The summed E-state index contributed by atoms with van der Waals surface area (Å²) in [7, 11) is 0. The Morgan fingerprint density at radius 2 is 2.12 bits per heavy atom. The molecule has 1 aliphatic rings. The van der Waals surface area contributed by atoms with Gasteiger partial charge in [0.2, 0.25) is 0 Å². The molecule has 0 bridgehead atoms. The highest BCUT2D eigenvalue weighted by molar-refractivity contribution is 8.00. The van der Waals surface area contributed by atoms with Crippen molar-refractivity contribution in [3.05, 3.63) is 29.8 Å². The van der Waals surface area contributed by atoms with Gasteiger partial charge in [-0.15, -0.1) is 11.8 Å². The molecule has 2 rings (SSSR count). The van der Waals surface area contributed by atoms with Crippen LogP contribution in [0.1, 0.15) is 38.2 Å². The first-order valence-corrected chi connectivity index (χ1v) is 7.65. The summed E-state index contributed by atoms with van der Waals surface area (Å²) >= 11 is 2.07. The minimum atomic E-state index is 0.722. The van der Waals surface area contributed by atoms with E-state index in [1.165, 1.54) is 36.1 Å². The monoisotopic (exact) mass is 249 g/mol. The maximum Gasteiger partial charge on any atom is 0.0248 e. The Balaban J connectivity index is 1.95. The van der Waals surface area contributed by atoms with E-state index in [2.05, 4.69) is 55.2 Å². The van der Waals surface area contributed by atoms with E-state index in [0.29, 0.717) is 0 Å². The maximum absolute atomic E-state index is 3.70. The molecule has 94 valence electrons. The standard InChI is InChI=1S/C15H23NS/c1-3-11-16-13-8-6-10-15(13)17-14-9-5-4-7-12(14)2/h4-5,7,9,13,15-16H,3,6,8,10-11H2,1-2H3. The Hall–Kier alpha value is -0.470. The van der Waals surface area contributed by atoms with Crippen LogP contribution in [0.4, 0.5) is 0 Å². The normalized spacial score (nSPS) is 24.1. The largest absolute Gasteiger partial charge is 0.313 e. The zero-order chi connectivity index (χ0) is 12.1. The molecule has 1 aromatic carbocycles. The van der Waals surface area contributed by atoms with Crippen LogP contribution in [0.2, 0.25) is 0 Å². The smallest absolute Gasteiger partial charge is 0.0248 e. The quantitative estimate of drug-likeness (QED) is 0.846. The van der Waals surface area contributed by atoms with Gasteiger partial charge < -0.3 is 5.32 Å². The minimum absolute atomic E-state index is 0.722. The van der Waals surface area contributed by atoms with Crippen molar-refractivity contribution in [2.75, 3.05) is 6.54 Å². The number of nitrogens with one attached hydrogen (secondary N) is 1. The molecule has 0 spiro atoms. The first-order valence-electron chi connectivity index (χ1n) is 6.77. The van der Waals surface area contributed by atoms with E-state index in [4.69, 9.17) is 0 Å². The topological polar surface area (TPSA) is 12.0 Å². The molecule has 2 atom stereocenters. The van der Waals surface area contributed by atoms with Crippen LogP contribution < -0.4 is 5.32 Å². The molecular weight excluding hydrogens is 226 g/mol. The molecule has 1 saturated carbocycles. The third kappa shape index (κ3) is 3.49. The molecule has 2 unspecified atom stereocenters. The molecule has 1 N–H and O–H groups in total. The van der Waals surface area contributed by atoms with Gasteiger partial charge in [-0.05, 0) is 44.4 Å². The van der Waals surface area contributed by atoms with Gasteiger partial charge in [0.05, 0.1) is 0 Å². The highest BCUT2D eigenvalue weighted by Crippen LogP contribution is 2.36. The van der Waals surface area contributed by atoms with Crippen molar-refractivity contribution in [2.24, 2.45) is 0 Å². The van der Waals surface area contributed by atoms with Crippen LogP contribution in [-0.2, 0) is 0 Å². The lowest BCUT2D eigenvalue weighted by atomic mass is 10.2. The van der Waals surface area contributed by atoms with Gasteiger partial charge in [-0.2, -0.15) is 0 Å². The lowest BCUT2D eigenvalue weighted by Crippen LogP contribution is -2.34. The van der Waals surface area contributed by atoms with Crippen molar-refractivity contribution in [2.45, 2.75) is 55.7 Å². The van der Waals surface area contributed by atoms with Crippen LogP contribution in [-0.4, -0.2) is 17.8 Å². The number of hydrogen-bond donors (Lipinski definition) is 1. The molecule has 1 fully saturated rings. The van der Waals surface area contributed by atoms with Crippen LogP contribution in [0, 0.1) is 6.92 Å². The Kier molecular flexibility index (Phi) is 4.93. The summed E-state index contributed by atoms with van der Waals surface area (Å²) in [6.45, 7) is 5.62. The van der Waals surface area contributed by atoms with Crippen LogP contribution in [0.3, 0.4) is 0 Å². The molecule has 0 radical (unpaired) electrons. The molecule has 0 heterocycles. The molecule has 0 aromatic heterocycles. The van der Waals surface area contributed by atoms with Gasteiger partial charge in [0.15, 0.2) is 0 Å². The zero-order valence-electron chi connectivity index (χ0n) is 10.9. The molecule has 0 saturated heterocycles. The average molecular weight is 249 g/mol. The predicted octanol–water partition coefficient (Wildman–Crippen LogP) is 4.01. The summed E-state index contributed by atoms with van der Waals surface area (Å²) in [4.78, 5) is 1.46. The van der Waals surface area contributed by atoms with E-state index in [1.54, 1.807) is 0 Å². The molecule has 1 nitrogen and oxygen atoms in total. The number of thioether (sulfide) groups is 1. The van der Waals surface area contributed by atoms with Crippen LogP contribution in [0.15, 0.2) is 29.2 Å². The highest BCUT2D eigenvalue weighted by Gasteiger charge is 2.27. The molecule has 0 amide bonds. The fraction of sp³-hybridized carbons (Fsp3) is 0.600. The summed E-state index contributed by atoms with van der Waals surface area (Å²) in [5.41, 5.74) is 1.42. The van der Waals surface area contributed by atoms with E-state index in [1.807, 2.05) is 0 Å². The maximum atomic E-state index is 3.70. The highest BCUT2D eigenvalue weighted by atomic mass is 32.2. The predicted molar refractivity (Wildman–Crippen MR) is 76.8 cm³/mol. The Labute approximate surface area is 109 Å². The third-order valence-corrected chi connectivity index (χ3v) is 5.06. The van der Waals surface area contributed by atoms with Gasteiger partial charge in [-0.3, -0.25) is 0 Å². The second kappa shape index (κ2) is 6.46. The molecule has 2 heteroatoms. The summed E-state index contributed by atoms with van der Waals surface area (Å²) in [5.74, 6) is 0. The molecule has 17 heavy (non-hydrogen) atoms. The fourth-order valence-electron chi connectivity index (χ4n) is 2.48. The molecule has 1 aliphatic carbocycles. The molecule has 0 aliphatic heterocycles. The van der Waals surface area contributed by atoms with Crippen molar-refractivity contribution in [1.29, 1.82) is 0 Å². The van der Waals surface area contributed by atoms with Crippen molar-refractivity contribution < 1.29 is 0 Å². The van der Waals surface area contributed by atoms with Crippen molar-refractivity contribution >= 4 is 11.8 Å². The Morgan fingerprint density at radius 1 is 1.29 bits per heavy atom. The van der Waals surface area contributed by atoms with Gasteiger partial charge in [0.1, 0.15) is 0 Å². The first kappa shape index (κ1) is 13.0. The zero-order valence-corrected chi connectivity index (χ0v) is 11.7. The second-order valence-electron chi connectivity index (χ2n) is 4.91.